The monoisotopic (exact) mass is 371 g/mol. The lowest BCUT2D eigenvalue weighted by Gasteiger charge is -2.17. The first kappa shape index (κ1) is 18.0. The number of aryl methyl sites for hydroxylation is 1. The topological polar surface area (TPSA) is 57.6 Å². The van der Waals surface area contributed by atoms with Crippen LogP contribution in [0.2, 0.25) is 0 Å². The third-order valence-corrected chi connectivity index (χ3v) is 5.38. The molecule has 0 bridgehead atoms. The lowest BCUT2D eigenvalue weighted by Crippen LogP contribution is -2.23. The first-order valence-corrected chi connectivity index (χ1v) is 9.29. The molecule has 0 aromatic heterocycles. The van der Waals surface area contributed by atoms with E-state index in [-0.39, 0.29) is 5.91 Å². The molecule has 0 saturated carbocycles. The Bertz CT molecular complexity index is 1050. The zero-order valence-electron chi connectivity index (χ0n) is 15.8. The molecule has 1 N–H and O–H groups in total. The largest absolute Gasteiger partial charge is 0.481 e. The fourth-order valence-corrected chi connectivity index (χ4v) is 3.63. The molecule has 0 aliphatic carbocycles. The number of carboxylic acid groups (broad SMARTS) is 1. The number of carbonyl (C=O) groups is 2. The summed E-state index contributed by atoms with van der Waals surface area (Å²) < 4.78 is 0. The average molecular weight is 371 g/mol. The Hall–Kier alpha value is -3.40. The normalized spacial score (nSPS) is 14.1. The zero-order valence-corrected chi connectivity index (χ0v) is 15.8. The van der Waals surface area contributed by atoms with Crippen LogP contribution in [0.25, 0.3) is 11.1 Å². The van der Waals surface area contributed by atoms with Crippen molar-refractivity contribution in [3.63, 3.8) is 0 Å². The molecule has 0 spiro atoms. The molecule has 1 amide bonds. The van der Waals surface area contributed by atoms with Gasteiger partial charge >= 0.3 is 5.97 Å². The Kier molecular flexibility index (Phi) is 4.47. The van der Waals surface area contributed by atoms with Gasteiger partial charge in [0.15, 0.2) is 0 Å². The van der Waals surface area contributed by atoms with E-state index >= 15 is 0 Å². The zero-order chi connectivity index (χ0) is 19.8. The molecule has 1 aliphatic heterocycles. The Morgan fingerprint density at radius 3 is 2.32 bits per heavy atom. The molecule has 140 valence electrons. The fraction of sp³-hybridized carbons (Fsp3) is 0.167. The van der Waals surface area contributed by atoms with Crippen molar-refractivity contribution in [2.24, 2.45) is 0 Å². The van der Waals surface area contributed by atoms with E-state index in [9.17, 15) is 9.59 Å². The van der Waals surface area contributed by atoms with Gasteiger partial charge in [0.05, 0.1) is 18.0 Å². The van der Waals surface area contributed by atoms with Gasteiger partial charge in [0.25, 0.3) is 5.91 Å². The van der Waals surface area contributed by atoms with Gasteiger partial charge in [-0.1, -0.05) is 60.2 Å². The molecular formula is C24H21NO3. The van der Waals surface area contributed by atoms with Crippen molar-refractivity contribution in [3.8, 4) is 11.1 Å². The summed E-state index contributed by atoms with van der Waals surface area (Å²) in [7, 11) is 0. The highest BCUT2D eigenvalue weighted by Gasteiger charge is 2.31. The van der Waals surface area contributed by atoms with E-state index in [1.807, 2.05) is 61.5 Å². The van der Waals surface area contributed by atoms with Crippen LogP contribution in [0.15, 0.2) is 66.7 Å². The molecule has 1 atom stereocenters. The predicted octanol–water partition coefficient (Wildman–Crippen LogP) is 5.01. The summed E-state index contributed by atoms with van der Waals surface area (Å²) in [6.07, 6.45) is 0. The van der Waals surface area contributed by atoms with Gasteiger partial charge in [-0.15, -0.1) is 0 Å². The molecule has 1 heterocycles. The first-order valence-electron chi connectivity index (χ1n) is 9.29. The van der Waals surface area contributed by atoms with Crippen molar-refractivity contribution in [2.45, 2.75) is 26.3 Å². The SMILES string of the molecule is Cc1ccc(-c2cccc3c2C(=O)N(c2ccc(C(C)C(=O)O)cc2)C3)cc1. The van der Waals surface area contributed by atoms with Crippen molar-refractivity contribution < 1.29 is 14.7 Å². The van der Waals surface area contributed by atoms with Crippen molar-refractivity contribution >= 4 is 17.6 Å². The molecule has 4 nitrogen and oxygen atoms in total. The molecule has 4 heteroatoms. The summed E-state index contributed by atoms with van der Waals surface area (Å²) >= 11 is 0. The third kappa shape index (κ3) is 3.07. The van der Waals surface area contributed by atoms with E-state index in [4.69, 9.17) is 5.11 Å². The van der Waals surface area contributed by atoms with Crippen molar-refractivity contribution in [1.82, 2.24) is 0 Å². The van der Waals surface area contributed by atoms with Gasteiger partial charge in [0.1, 0.15) is 0 Å². The molecule has 0 radical (unpaired) electrons. The number of anilines is 1. The maximum Gasteiger partial charge on any atom is 0.310 e. The molecule has 1 unspecified atom stereocenters. The third-order valence-electron chi connectivity index (χ3n) is 5.38. The molecule has 28 heavy (non-hydrogen) atoms. The number of nitrogens with zero attached hydrogens (tertiary/aromatic N) is 1. The summed E-state index contributed by atoms with van der Waals surface area (Å²) in [6.45, 7) is 4.21. The number of carbonyl (C=O) groups excluding carboxylic acids is 1. The van der Waals surface area contributed by atoms with Gasteiger partial charge in [0.2, 0.25) is 0 Å². The fourth-order valence-electron chi connectivity index (χ4n) is 3.63. The summed E-state index contributed by atoms with van der Waals surface area (Å²) in [5, 5.41) is 9.17. The van der Waals surface area contributed by atoms with Gasteiger partial charge in [-0.05, 0) is 48.2 Å². The number of rotatable bonds is 4. The Morgan fingerprint density at radius 2 is 1.68 bits per heavy atom. The van der Waals surface area contributed by atoms with Crippen LogP contribution in [-0.2, 0) is 11.3 Å². The molecule has 3 aromatic carbocycles. The highest BCUT2D eigenvalue weighted by atomic mass is 16.4. The molecule has 4 rings (SSSR count). The van der Waals surface area contributed by atoms with Crippen LogP contribution in [0.4, 0.5) is 5.69 Å². The van der Waals surface area contributed by atoms with Crippen LogP contribution < -0.4 is 4.90 Å². The van der Waals surface area contributed by atoms with Gasteiger partial charge in [-0.3, -0.25) is 9.59 Å². The number of benzene rings is 3. The summed E-state index contributed by atoms with van der Waals surface area (Å²) in [5.74, 6) is -1.46. The molecule has 1 aliphatic rings. The van der Waals surface area contributed by atoms with Gasteiger partial charge in [-0.25, -0.2) is 0 Å². The lowest BCUT2D eigenvalue weighted by atomic mass is 9.96. The quantitative estimate of drug-likeness (QED) is 0.701. The average Bonchev–Trinajstić information content (AvgIpc) is 3.05. The first-order chi connectivity index (χ1) is 13.5. The second-order valence-corrected chi connectivity index (χ2v) is 7.25. The van der Waals surface area contributed by atoms with Crippen LogP contribution >= 0.6 is 0 Å². The number of hydrogen-bond donors (Lipinski definition) is 1. The van der Waals surface area contributed by atoms with Gasteiger partial charge < -0.3 is 10.0 Å². The van der Waals surface area contributed by atoms with E-state index < -0.39 is 11.9 Å². The van der Waals surface area contributed by atoms with Gasteiger partial charge in [0, 0.05) is 5.69 Å². The maximum absolute atomic E-state index is 13.2. The van der Waals surface area contributed by atoms with Crippen LogP contribution in [0, 0.1) is 6.92 Å². The predicted molar refractivity (Wildman–Crippen MR) is 110 cm³/mol. The molecule has 3 aromatic rings. The standard InChI is InChI=1S/C24H21NO3/c1-15-6-8-18(9-7-15)21-5-3-4-19-14-25(23(26)22(19)21)20-12-10-17(11-13-20)16(2)24(27)28/h3-13,16H,14H2,1-2H3,(H,27,28). The van der Waals surface area contributed by atoms with E-state index in [0.29, 0.717) is 6.54 Å². The Labute approximate surface area is 164 Å². The second-order valence-electron chi connectivity index (χ2n) is 7.25. The van der Waals surface area contributed by atoms with Crippen LogP contribution in [0.1, 0.15) is 39.9 Å². The number of aliphatic carboxylic acids is 1. The number of fused-ring (bicyclic) bond motifs is 1. The summed E-state index contributed by atoms with van der Waals surface area (Å²) in [5.41, 5.74) is 6.41. The Balaban J connectivity index is 1.67. The van der Waals surface area contributed by atoms with Crippen molar-refractivity contribution in [3.05, 3.63) is 89.0 Å². The van der Waals surface area contributed by atoms with E-state index in [1.54, 1.807) is 24.0 Å². The number of hydrogen-bond acceptors (Lipinski definition) is 2. The highest BCUT2D eigenvalue weighted by Crippen LogP contribution is 2.35. The van der Waals surface area contributed by atoms with Gasteiger partial charge in [-0.2, -0.15) is 0 Å². The summed E-state index contributed by atoms with van der Waals surface area (Å²) in [6, 6.07) is 21.4. The highest BCUT2D eigenvalue weighted by molar-refractivity contribution is 6.14. The number of amides is 1. The van der Waals surface area contributed by atoms with E-state index in [1.165, 1.54) is 5.56 Å². The minimum atomic E-state index is -0.861. The summed E-state index contributed by atoms with van der Waals surface area (Å²) in [4.78, 5) is 26.1. The van der Waals surface area contributed by atoms with Crippen LogP contribution in [0.5, 0.6) is 0 Å². The van der Waals surface area contributed by atoms with Crippen LogP contribution in [-0.4, -0.2) is 17.0 Å². The van der Waals surface area contributed by atoms with E-state index in [2.05, 4.69) is 0 Å². The van der Waals surface area contributed by atoms with Crippen molar-refractivity contribution in [1.29, 1.82) is 0 Å². The maximum atomic E-state index is 13.2. The molecule has 0 fully saturated rings. The second kappa shape index (κ2) is 6.97. The molecule has 0 saturated heterocycles. The van der Waals surface area contributed by atoms with Crippen molar-refractivity contribution in [2.75, 3.05) is 4.90 Å². The minimum Gasteiger partial charge on any atom is -0.481 e. The smallest absolute Gasteiger partial charge is 0.310 e. The van der Waals surface area contributed by atoms with E-state index in [0.717, 1.165) is 33.5 Å². The minimum absolute atomic E-state index is 0.0230. The Morgan fingerprint density at radius 1 is 1.00 bits per heavy atom. The lowest BCUT2D eigenvalue weighted by molar-refractivity contribution is -0.138. The molecular weight excluding hydrogens is 350 g/mol. The number of carboxylic acids is 1. The van der Waals surface area contributed by atoms with Crippen LogP contribution in [0.3, 0.4) is 0 Å².